The number of benzene rings is 1. The zero-order chi connectivity index (χ0) is 14.7. The smallest absolute Gasteiger partial charge is 0.146 e. The maximum atomic E-state index is 13.8. The van der Waals surface area contributed by atoms with Gasteiger partial charge in [0, 0.05) is 45.4 Å². The highest BCUT2D eigenvalue weighted by Gasteiger charge is 2.32. The molecule has 0 saturated carbocycles. The van der Waals surface area contributed by atoms with Crippen molar-refractivity contribution in [1.82, 2.24) is 4.90 Å². The van der Waals surface area contributed by atoms with E-state index in [1.165, 1.54) is 6.07 Å². The first-order valence-corrected chi connectivity index (χ1v) is 7.85. The topological polar surface area (TPSA) is 41.7 Å². The van der Waals surface area contributed by atoms with Crippen molar-refractivity contribution in [3.8, 4) is 0 Å². The molecule has 2 N–H and O–H groups in total. The van der Waals surface area contributed by atoms with Gasteiger partial charge in [0.15, 0.2) is 0 Å². The molecule has 0 amide bonds. The molecule has 0 aromatic heterocycles. The van der Waals surface area contributed by atoms with Crippen LogP contribution in [-0.4, -0.2) is 56.4 Å². The molecule has 2 aliphatic rings. The average Bonchev–Trinajstić information content (AvgIpc) is 3.04. The van der Waals surface area contributed by atoms with Crippen molar-refractivity contribution in [2.24, 2.45) is 5.73 Å². The highest BCUT2D eigenvalue weighted by Crippen LogP contribution is 2.23. The third kappa shape index (κ3) is 3.20. The van der Waals surface area contributed by atoms with Crippen molar-refractivity contribution in [3.63, 3.8) is 0 Å². The summed E-state index contributed by atoms with van der Waals surface area (Å²) in [5.41, 5.74) is 6.67. The summed E-state index contributed by atoms with van der Waals surface area (Å²) in [6.07, 6.45) is 2.51. The summed E-state index contributed by atoms with van der Waals surface area (Å²) in [6, 6.07) is 7.30. The van der Waals surface area contributed by atoms with E-state index in [2.05, 4.69) is 9.80 Å². The van der Waals surface area contributed by atoms with Crippen LogP contribution in [0, 0.1) is 5.82 Å². The van der Waals surface area contributed by atoms with E-state index in [0.29, 0.717) is 18.3 Å². The van der Waals surface area contributed by atoms with Gasteiger partial charge in [-0.3, -0.25) is 4.90 Å². The van der Waals surface area contributed by atoms with Crippen LogP contribution in [0.15, 0.2) is 24.3 Å². The second kappa shape index (κ2) is 6.73. The highest BCUT2D eigenvalue weighted by atomic mass is 19.1. The molecule has 21 heavy (non-hydrogen) atoms. The predicted octanol–water partition coefficient (Wildman–Crippen LogP) is 1.45. The molecule has 1 aromatic rings. The third-order valence-corrected chi connectivity index (χ3v) is 4.61. The second-order valence-corrected chi connectivity index (χ2v) is 5.83. The van der Waals surface area contributed by atoms with Crippen molar-refractivity contribution >= 4 is 5.69 Å². The highest BCUT2D eigenvalue weighted by molar-refractivity contribution is 5.48. The summed E-state index contributed by atoms with van der Waals surface area (Å²) in [5, 5.41) is 0. The summed E-state index contributed by atoms with van der Waals surface area (Å²) in [5.74, 6) is -0.138. The lowest BCUT2D eigenvalue weighted by Gasteiger charge is -2.41. The predicted molar refractivity (Wildman–Crippen MR) is 82.0 cm³/mol. The Morgan fingerprint density at radius 3 is 2.62 bits per heavy atom. The van der Waals surface area contributed by atoms with E-state index in [9.17, 15) is 4.39 Å². The van der Waals surface area contributed by atoms with Crippen molar-refractivity contribution < 1.29 is 9.13 Å². The molecular formula is C16H24FN3O. The largest absolute Gasteiger partial charge is 0.377 e. The lowest BCUT2D eigenvalue weighted by Crippen LogP contribution is -2.56. The van der Waals surface area contributed by atoms with E-state index in [1.54, 1.807) is 6.07 Å². The average molecular weight is 293 g/mol. The number of para-hydroxylation sites is 1. The number of ether oxygens (including phenoxy) is 1. The summed E-state index contributed by atoms with van der Waals surface area (Å²) in [6.45, 7) is 4.99. The Morgan fingerprint density at radius 1 is 1.24 bits per heavy atom. The molecule has 2 heterocycles. The Labute approximate surface area is 125 Å². The van der Waals surface area contributed by atoms with Gasteiger partial charge < -0.3 is 15.4 Å². The van der Waals surface area contributed by atoms with Gasteiger partial charge in [0.2, 0.25) is 0 Å². The van der Waals surface area contributed by atoms with Gasteiger partial charge in [0.05, 0.1) is 11.8 Å². The Hall–Kier alpha value is -1.17. The molecule has 116 valence electrons. The third-order valence-electron chi connectivity index (χ3n) is 4.61. The zero-order valence-corrected chi connectivity index (χ0v) is 12.4. The van der Waals surface area contributed by atoms with E-state index in [4.69, 9.17) is 10.5 Å². The summed E-state index contributed by atoms with van der Waals surface area (Å²) in [4.78, 5) is 4.53. The molecule has 2 aliphatic heterocycles. The minimum atomic E-state index is -0.138. The van der Waals surface area contributed by atoms with Crippen LogP contribution >= 0.6 is 0 Å². The van der Waals surface area contributed by atoms with Gasteiger partial charge >= 0.3 is 0 Å². The Bertz CT molecular complexity index is 457. The maximum absolute atomic E-state index is 13.8. The number of nitrogens with two attached hydrogens (primary N) is 1. The van der Waals surface area contributed by atoms with Gasteiger partial charge in [-0.2, -0.15) is 0 Å². The van der Waals surface area contributed by atoms with E-state index in [0.717, 1.165) is 45.6 Å². The Morgan fingerprint density at radius 2 is 2.00 bits per heavy atom. The number of halogens is 1. The van der Waals surface area contributed by atoms with Gasteiger partial charge in [0.25, 0.3) is 0 Å². The minimum Gasteiger partial charge on any atom is -0.377 e. The standard InChI is InChI=1S/C16H24FN3O/c17-13-4-1-2-5-14(13)19-7-9-20(10-8-19)15(12-18)16-6-3-11-21-16/h1-2,4-5,15-16H,3,6-12,18H2. The number of hydrogen-bond acceptors (Lipinski definition) is 4. The van der Waals surface area contributed by atoms with E-state index in [-0.39, 0.29) is 11.9 Å². The molecule has 2 unspecified atom stereocenters. The fraction of sp³-hybridized carbons (Fsp3) is 0.625. The Kier molecular flexibility index (Phi) is 4.73. The fourth-order valence-corrected chi connectivity index (χ4v) is 3.44. The van der Waals surface area contributed by atoms with Crippen molar-refractivity contribution in [3.05, 3.63) is 30.1 Å². The van der Waals surface area contributed by atoms with Gasteiger partial charge in [-0.05, 0) is 25.0 Å². The van der Waals surface area contributed by atoms with Crippen LogP contribution in [-0.2, 0) is 4.74 Å². The molecule has 0 bridgehead atoms. The van der Waals surface area contributed by atoms with E-state index >= 15 is 0 Å². The number of nitrogens with zero attached hydrogens (tertiary/aromatic N) is 2. The summed E-state index contributed by atoms with van der Waals surface area (Å²) >= 11 is 0. The van der Waals surface area contributed by atoms with Crippen molar-refractivity contribution in [1.29, 1.82) is 0 Å². The van der Waals surface area contributed by atoms with Crippen LogP contribution in [0.1, 0.15) is 12.8 Å². The molecule has 2 atom stereocenters. The van der Waals surface area contributed by atoms with Crippen molar-refractivity contribution in [2.45, 2.75) is 25.0 Å². The molecule has 2 saturated heterocycles. The van der Waals surface area contributed by atoms with Crippen LogP contribution in [0.3, 0.4) is 0 Å². The van der Waals surface area contributed by atoms with Crippen molar-refractivity contribution in [2.75, 3.05) is 44.2 Å². The number of rotatable bonds is 4. The first kappa shape index (κ1) is 14.8. The number of piperazine rings is 1. The maximum Gasteiger partial charge on any atom is 0.146 e. The normalized spacial score (nSPS) is 25.2. The fourth-order valence-electron chi connectivity index (χ4n) is 3.44. The Balaban J connectivity index is 1.60. The van der Waals surface area contributed by atoms with E-state index < -0.39 is 0 Å². The summed E-state index contributed by atoms with van der Waals surface area (Å²) in [7, 11) is 0. The SMILES string of the molecule is NCC(C1CCCO1)N1CCN(c2ccccc2F)CC1. The molecule has 5 heteroatoms. The lowest BCUT2D eigenvalue weighted by molar-refractivity contribution is 0.0249. The second-order valence-electron chi connectivity index (χ2n) is 5.83. The number of anilines is 1. The van der Waals surface area contributed by atoms with Crippen LogP contribution < -0.4 is 10.6 Å². The molecule has 0 spiro atoms. The van der Waals surface area contributed by atoms with Crippen LogP contribution in [0.5, 0.6) is 0 Å². The monoisotopic (exact) mass is 293 g/mol. The quantitative estimate of drug-likeness (QED) is 0.912. The minimum absolute atomic E-state index is 0.138. The van der Waals surface area contributed by atoms with Gasteiger partial charge in [-0.1, -0.05) is 12.1 Å². The first-order valence-electron chi connectivity index (χ1n) is 7.85. The van der Waals surface area contributed by atoms with E-state index in [1.807, 2.05) is 12.1 Å². The number of hydrogen-bond donors (Lipinski definition) is 1. The molecule has 1 aromatic carbocycles. The molecule has 0 radical (unpaired) electrons. The van der Waals surface area contributed by atoms with Gasteiger partial charge in [0.1, 0.15) is 5.82 Å². The molecular weight excluding hydrogens is 269 g/mol. The van der Waals surface area contributed by atoms with Crippen LogP contribution in [0.4, 0.5) is 10.1 Å². The van der Waals surface area contributed by atoms with Gasteiger partial charge in [-0.25, -0.2) is 4.39 Å². The first-order chi connectivity index (χ1) is 10.3. The lowest BCUT2D eigenvalue weighted by atomic mass is 10.1. The zero-order valence-electron chi connectivity index (χ0n) is 12.4. The van der Waals surface area contributed by atoms with Gasteiger partial charge in [-0.15, -0.1) is 0 Å². The summed E-state index contributed by atoms with van der Waals surface area (Å²) < 4.78 is 19.6. The molecule has 2 fully saturated rings. The molecule has 4 nitrogen and oxygen atoms in total. The van der Waals surface area contributed by atoms with Crippen LogP contribution in [0.2, 0.25) is 0 Å². The van der Waals surface area contributed by atoms with Crippen LogP contribution in [0.25, 0.3) is 0 Å². The molecule has 3 rings (SSSR count). The molecule has 0 aliphatic carbocycles.